The first-order chi connectivity index (χ1) is 13.1. The third-order valence-corrected chi connectivity index (χ3v) is 4.17. The zero-order chi connectivity index (χ0) is 19.2. The number of hydrogen-bond donors (Lipinski definition) is 1. The summed E-state index contributed by atoms with van der Waals surface area (Å²) in [7, 11) is 0. The maximum atomic E-state index is 12.4. The van der Waals surface area contributed by atoms with Gasteiger partial charge < -0.3 is 4.74 Å². The molecule has 0 aliphatic heterocycles. The van der Waals surface area contributed by atoms with E-state index in [1.165, 1.54) is 6.07 Å². The van der Waals surface area contributed by atoms with Gasteiger partial charge >= 0.3 is 6.09 Å². The Morgan fingerprint density at radius 2 is 1.93 bits per heavy atom. The molecule has 0 aliphatic carbocycles. The highest BCUT2D eigenvalue weighted by Gasteiger charge is 2.16. The van der Waals surface area contributed by atoms with Crippen molar-refractivity contribution in [3.8, 4) is 5.69 Å². The molecular formula is C21H21N3O3. The summed E-state index contributed by atoms with van der Waals surface area (Å²) in [5.41, 5.74) is 2.67. The number of ether oxygens (including phenoxy) is 1. The molecule has 6 heteroatoms. The molecular weight excluding hydrogens is 342 g/mol. The van der Waals surface area contributed by atoms with Crippen LogP contribution in [0.5, 0.6) is 0 Å². The molecule has 0 spiro atoms. The fraction of sp³-hybridized carbons (Fsp3) is 0.190. The van der Waals surface area contributed by atoms with Crippen LogP contribution in [0.15, 0.2) is 71.7 Å². The Bertz CT molecular complexity index is 983. The minimum atomic E-state index is -0.508. The zero-order valence-electron chi connectivity index (χ0n) is 15.3. The first-order valence-corrected chi connectivity index (χ1v) is 8.77. The second kappa shape index (κ2) is 8.31. The molecule has 0 radical (unpaired) electrons. The van der Waals surface area contributed by atoms with E-state index in [1.807, 2.05) is 55.5 Å². The lowest BCUT2D eigenvalue weighted by Gasteiger charge is -2.14. The molecule has 3 aromatic rings. The number of rotatable bonds is 5. The van der Waals surface area contributed by atoms with Crippen LogP contribution in [0.25, 0.3) is 5.69 Å². The summed E-state index contributed by atoms with van der Waals surface area (Å²) in [5.74, 6) is -0.238. The SMILES string of the molecule is CCOC(=O)Nc1cccc(C(C)c2nn(-c3ccccc3)ccc2=O)c1. The van der Waals surface area contributed by atoms with Gasteiger partial charge in [0.25, 0.3) is 0 Å². The normalized spacial score (nSPS) is 11.6. The number of carbonyl (C=O) groups is 1. The van der Waals surface area contributed by atoms with Crippen molar-refractivity contribution in [2.75, 3.05) is 11.9 Å². The summed E-state index contributed by atoms with van der Waals surface area (Å²) in [6, 6.07) is 18.5. The Balaban J connectivity index is 1.91. The highest BCUT2D eigenvalue weighted by molar-refractivity contribution is 5.84. The number of para-hydroxylation sites is 1. The van der Waals surface area contributed by atoms with Gasteiger partial charge in [-0.1, -0.05) is 37.3 Å². The Hall–Kier alpha value is -3.41. The van der Waals surface area contributed by atoms with Gasteiger partial charge in [-0.15, -0.1) is 0 Å². The predicted octanol–water partition coefficient (Wildman–Crippen LogP) is 3.95. The van der Waals surface area contributed by atoms with Gasteiger partial charge in [0.1, 0.15) is 5.69 Å². The topological polar surface area (TPSA) is 73.2 Å². The van der Waals surface area contributed by atoms with Crippen molar-refractivity contribution in [1.82, 2.24) is 9.78 Å². The number of hydrogen-bond acceptors (Lipinski definition) is 4. The van der Waals surface area contributed by atoms with Gasteiger partial charge in [-0.3, -0.25) is 10.1 Å². The Kier molecular flexibility index (Phi) is 5.66. The van der Waals surface area contributed by atoms with Gasteiger partial charge in [-0.25, -0.2) is 9.48 Å². The van der Waals surface area contributed by atoms with Crippen LogP contribution in [0.3, 0.4) is 0 Å². The highest BCUT2D eigenvalue weighted by atomic mass is 16.5. The lowest BCUT2D eigenvalue weighted by atomic mass is 9.97. The second-order valence-corrected chi connectivity index (χ2v) is 6.04. The average molecular weight is 363 g/mol. The van der Waals surface area contributed by atoms with E-state index in [2.05, 4.69) is 10.4 Å². The smallest absolute Gasteiger partial charge is 0.411 e. The number of nitrogens with one attached hydrogen (secondary N) is 1. The molecule has 1 heterocycles. The van der Waals surface area contributed by atoms with Crippen molar-refractivity contribution in [1.29, 1.82) is 0 Å². The Labute approximate surface area is 157 Å². The van der Waals surface area contributed by atoms with Crippen molar-refractivity contribution in [2.45, 2.75) is 19.8 Å². The summed E-state index contributed by atoms with van der Waals surface area (Å²) < 4.78 is 6.59. The van der Waals surface area contributed by atoms with Crippen molar-refractivity contribution in [3.63, 3.8) is 0 Å². The Morgan fingerprint density at radius 1 is 1.15 bits per heavy atom. The van der Waals surface area contributed by atoms with E-state index in [1.54, 1.807) is 23.9 Å². The van der Waals surface area contributed by atoms with Crippen LogP contribution in [0.4, 0.5) is 10.5 Å². The second-order valence-electron chi connectivity index (χ2n) is 6.04. The minimum Gasteiger partial charge on any atom is -0.450 e. The molecule has 3 rings (SSSR count). The molecule has 138 valence electrons. The summed E-state index contributed by atoms with van der Waals surface area (Å²) >= 11 is 0. The number of anilines is 1. The molecule has 0 saturated heterocycles. The van der Waals surface area contributed by atoms with Gasteiger partial charge in [0.15, 0.2) is 0 Å². The molecule has 2 aromatic carbocycles. The minimum absolute atomic E-state index is 0.126. The van der Waals surface area contributed by atoms with Crippen LogP contribution in [0.1, 0.15) is 31.0 Å². The van der Waals surface area contributed by atoms with Crippen molar-refractivity contribution in [2.24, 2.45) is 0 Å². The van der Waals surface area contributed by atoms with Crippen molar-refractivity contribution < 1.29 is 9.53 Å². The zero-order valence-corrected chi connectivity index (χ0v) is 15.3. The van der Waals surface area contributed by atoms with Crippen molar-refractivity contribution in [3.05, 3.63) is 88.3 Å². The van der Waals surface area contributed by atoms with Crippen LogP contribution in [0.2, 0.25) is 0 Å². The van der Waals surface area contributed by atoms with Gasteiger partial charge in [-0.2, -0.15) is 5.10 Å². The van der Waals surface area contributed by atoms with E-state index >= 15 is 0 Å². The monoisotopic (exact) mass is 363 g/mol. The van der Waals surface area contributed by atoms with E-state index < -0.39 is 6.09 Å². The van der Waals surface area contributed by atoms with Gasteiger partial charge in [0, 0.05) is 23.9 Å². The third-order valence-electron chi connectivity index (χ3n) is 4.17. The molecule has 0 bridgehead atoms. The standard InChI is InChI=1S/C21H21N3O3/c1-3-27-21(26)22-17-9-7-8-16(14-17)15(2)20-19(25)12-13-24(23-20)18-10-5-4-6-11-18/h4-15H,3H2,1-2H3,(H,22,26). The molecule has 1 unspecified atom stereocenters. The summed E-state index contributed by atoms with van der Waals surface area (Å²) in [5, 5.41) is 7.21. The van der Waals surface area contributed by atoms with Gasteiger partial charge in [0.05, 0.1) is 12.3 Å². The number of amides is 1. The van der Waals surface area contributed by atoms with Crippen LogP contribution < -0.4 is 10.7 Å². The molecule has 6 nitrogen and oxygen atoms in total. The van der Waals surface area contributed by atoms with Gasteiger partial charge in [0.2, 0.25) is 5.43 Å². The fourth-order valence-corrected chi connectivity index (χ4v) is 2.78. The lowest BCUT2D eigenvalue weighted by molar-refractivity contribution is 0.168. The van der Waals surface area contributed by atoms with Crippen LogP contribution >= 0.6 is 0 Å². The molecule has 0 fully saturated rings. The summed E-state index contributed by atoms with van der Waals surface area (Å²) in [6.45, 7) is 3.97. The van der Waals surface area contributed by atoms with E-state index in [0.29, 0.717) is 18.0 Å². The number of benzene rings is 2. The maximum Gasteiger partial charge on any atom is 0.411 e. The quantitative estimate of drug-likeness (QED) is 0.745. The molecule has 1 amide bonds. The van der Waals surface area contributed by atoms with E-state index in [9.17, 15) is 9.59 Å². The van der Waals surface area contributed by atoms with Crippen LogP contribution in [-0.4, -0.2) is 22.5 Å². The van der Waals surface area contributed by atoms with Crippen LogP contribution in [0, 0.1) is 0 Å². The summed E-state index contributed by atoms with van der Waals surface area (Å²) in [6.07, 6.45) is 1.15. The molecule has 1 atom stereocenters. The number of aromatic nitrogens is 2. The molecule has 27 heavy (non-hydrogen) atoms. The third kappa shape index (κ3) is 4.41. The first-order valence-electron chi connectivity index (χ1n) is 8.77. The maximum absolute atomic E-state index is 12.4. The molecule has 0 saturated carbocycles. The Morgan fingerprint density at radius 3 is 2.67 bits per heavy atom. The number of nitrogens with zero attached hydrogens (tertiary/aromatic N) is 2. The highest BCUT2D eigenvalue weighted by Crippen LogP contribution is 2.23. The van der Waals surface area contributed by atoms with E-state index in [-0.39, 0.29) is 11.3 Å². The van der Waals surface area contributed by atoms with Crippen molar-refractivity contribution >= 4 is 11.8 Å². The molecule has 1 N–H and O–H groups in total. The fourth-order valence-electron chi connectivity index (χ4n) is 2.78. The van der Waals surface area contributed by atoms with Crippen LogP contribution in [-0.2, 0) is 4.74 Å². The van der Waals surface area contributed by atoms with E-state index in [4.69, 9.17) is 4.74 Å². The predicted molar refractivity (Wildman–Crippen MR) is 104 cm³/mol. The average Bonchev–Trinajstić information content (AvgIpc) is 2.69. The van der Waals surface area contributed by atoms with Gasteiger partial charge in [-0.05, 0) is 36.8 Å². The first kappa shape index (κ1) is 18.4. The molecule has 1 aromatic heterocycles. The molecule has 0 aliphatic rings. The summed E-state index contributed by atoms with van der Waals surface area (Å²) in [4.78, 5) is 24.0. The number of carbonyl (C=O) groups excluding carboxylic acids is 1. The lowest BCUT2D eigenvalue weighted by Crippen LogP contribution is -2.19. The largest absolute Gasteiger partial charge is 0.450 e. The van der Waals surface area contributed by atoms with E-state index in [0.717, 1.165) is 11.3 Å².